The number of hydrogen-bond donors (Lipinski definition) is 1. The Balaban J connectivity index is 1.89. The summed E-state index contributed by atoms with van der Waals surface area (Å²) < 4.78 is 5.20. The SMILES string of the molecule is CN(CC(C)(C)CN)C(=O)CCc1nc(-c2ccncc2)no1. The van der Waals surface area contributed by atoms with Gasteiger partial charge in [0.2, 0.25) is 17.6 Å². The lowest BCUT2D eigenvalue weighted by Crippen LogP contribution is -2.39. The molecule has 0 saturated heterocycles. The highest BCUT2D eigenvalue weighted by Crippen LogP contribution is 2.16. The summed E-state index contributed by atoms with van der Waals surface area (Å²) in [6, 6.07) is 3.62. The number of aromatic nitrogens is 3. The summed E-state index contributed by atoms with van der Waals surface area (Å²) in [5, 5.41) is 3.93. The number of aryl methyl sites for hydroxylation is 1. The topological polar surface area (TPSA) is 98.1 Å². The summed E-state index contributed by atoms with van der Waals surface area (Å²) in [5.41, 5.74) is 6.44. The maximum atomic E-state index is 12.2. The van der Waals surface area contributed by atoms with Gasteiger partial charge < -0.3 is 15.2 Å². The highest BCUT2D eigenvalue weighted by atomic mass is 16.5. The lowest BCUT2D eigenvalue weighted by Gasteiger charge is -2.29. The van der Waals surface area contributed by atoms with E-state index in [1.807, 2.05) is 26.0 Å². The summed E-state index contributed by atoms with van der Waals surface area (Å²) in [4.78, 5) is 22.1. The van der Waals surface area contributed by atoms with Gasteiger partial charge in [0.1, 0.15) is 0 Å². The van der Waals surface area contributed by atoms with Crippen molar-refractivity contribution in [2.75, 3.05) is 20.1 Å². The van der Waals surface area contributed by atoms with E-state index in [-0.39, 0.29) is 11.3 Å². The van der Waals surface area contributed by atoms with E-state index < -0.39 is 0 Å². The number of carbonyl (C=O) groups is 1. The molecule has 2 heterocycles. The molecule has 0 aliphatic carbocycles. The number of nitrogens with zero attached hydrogens (tertiary/aromatic N) is 4. The van der Waals surface area contributed by atoms with Gasteiger partial charge in [-0.1, -0.05) is 19.0 Å². The fraction of sp³-hybridized carbons (Fsp3) is 0.500. The zero-order valence-electron chi connectivity index (χ0n) is 13.8. The molecule has 0 fully saturated rings. The van der Waals surface area contributed by atoms with Crippen molar-refractivity contribution in [2.45, 2.75) is 26.7 Å². The number of nitrogens with two attached hydrogens (primary N) is 1. The minimum absolute atomic E-state index is 0.0372. The minimum atomic E-state index is -0.0938. The van der Waals surface area contributed by atoms with Crippen molar-refractivity contribution in [3.63, 3.8) is 0 Å². The standard InChI is InChI=1S/C16H23N5O2/c1-16(2,10-17)11-21(3)14(22)5-4-13-19-15(20-23-13)12-6-8-18-9-7-12/h6-9H,4-5,10-11,17H2,1-3H3. The van der Waals surface area contributed by atoms with E-state index in [1.165, 1.54) is 0 Å². The van der Waals surface area contributed by atoms with E-state index >= 15 is 0 Å². The molecule has 0 bridgehead atoms. The molecule has 0 spiro atoms. The molecule has 0 atom stereocenters. The quantitative estimate of drug-likeness (QED) is 0.831. The van der Waals surface area contributed by atoms with Crippen molar-refractivity contribution in [2.24, 2.45) is 11.1 Å². The molecule has 7 heteroatoms. The third-order valence-electron chi connectivity index (χ3n) is 3.60. The van der Waals surface area contributed by atoms with Gasteiger partial charge in [0.05, 0.1) is 0 Å². The van der Waals surface area contributed by atoms with E-state index in [9.17, 15) is 4.79 Å². The summed E-state index contributed by atoms with van der Waals surface area (Å²) in [5.74, 6) is 0.999. The molecule has 7 nitrogen and oxygen atoms in total. The van der Waals surface area contributed by atoms with Crippen LogP contribution in [0.4, 0.5) is 0 Å². The molecule has 1 amide bonds. The smallest absolute Gasteiger partial charge is 0.227 e. The van der Waals surface area contributed by atoms with Crippen LogP contribution >= 0.6 is 0 Å². The maximum Gasteiger partial charge on any atom is 0.227 e. The third-order valence-corrected chi connectivity index (χ3v) is 3.60. The first-order valence-electron chi connectivity index (χ1n) is 7.58. The second-order valence-corrected chi connectivity index (χ2v) is 6.37. The van der Waals surface area contributed by atoms with E-state index in [4.69, 9.17) is 10.3 Å². The Bertz CT molecular complexity index is 639. The molecule has 0 aromatic carbocycles. The first-order valence-corrected chi connectivity index (χ1v) is 7.58. The monoisotopic (exact) mass is 317 g/mol. The van der Waals surface area contributed by atoms with Crippen molar-refractivity contribution < 1.29 is 9.32 Å². The van der Waals surface area contributed by atoms with Gasteiger partial charge in [-0.05, 0) is 24.1 Å². The molecule has 2 aromatic rings. The Morgan fingerprint density at radius 1 is 1.35 bits per heavy atom. The van der Waals surface area contributed by atoms with E-state index in [0.29, 0.717) is 37.6 Å². The molecule has 124 valence electrons. The summed E-state index contributed by atoms with van der Waals surface area (Å²) in [6.07, 6.45) is 4.09. The summed E-state index contributed by atoms with van der Waals surface area (Å²) in [6.45, 7) is 5.23. The Labute approximate surface area is 135 Å². The lowest BCUT2D eigenvalue weighted by molar-refractivity contribution is -0.131. The minimum Gasteiger partial charge on any atom is -0.345 e. The number of pyridine rings is 1. The van der Waals surface area contributed by atoms with Crippen molar-refractivity contribution in [3.05, 3.63) is 30.4 Å². The Kier molecular flexibility index (Phi) is 5.44. The Morgan fingerprint density at radius 2 is 2.04 bits per heavy atom. The van der Waals surface area contributed by atoms with Crippen molar-refractivity contribution in [3.8, 4) is 11.4 Å². The van der Waals surface area contributed by atoms with Gasteiger partial charge in [-0.2, -0.15) is 4.98 Å². The van der Waals surface area contributed by atoms with Gasteiger partial charge in [-0.15, -0.1) is 0 Å². The largest absolute Gasteiger partial charge is 0.345 e. The number of amides is 1. The average molecular weight is 317 g/mol. The van der Waals surface area contributed by atoms with Crippen LogP contribution < -0.4 is 5.73 Å². The summed E-state index contributed by atoms with van der Waals surface area (Å²) >= 11 is 0. The molecule has 2 aromatic heterocycles. The molecule has 23 heavy (non-hydrogen) atoms. The van der Waals surface area contributed by atoms with Gasteiger partial charge in [0, 0.05) is 44.4 Å². The first kappa shape index (κ1) is 17.1. The van der Waals surface area contributed by atoms with Crippen LogP contribution in [-0.2, 0) is 11.2 Å². The first-order chi connectivity index (χ1) is 10.9. The molecule has 0 unspecified atom stereocenters. The average Bonchev–Trinajstić information content (AvgIpc) is 3.02. The van der Waals surface area contributed by atoms with Gasteiger partial charge in [-0.25, -0.2) is 0 Å². The Hall–Kier alpha value is -2.28. The third kappa shape index (κ3) is 4.85. The van der Waals surface area contributed by atoms with Gasteiger partial charge in [0.25, 0.3) is 0 Å². The van der Waals surface area contributed by atoms with Crippen molar-refractivity contribution >= 4 is 5.91 Å². The number of hydrogen-bond acceptors (Lipinski definition) is 6. The highest BCUT2D eigenvalue weighted by molar-refractivity contribution is 5.76. The molecular weight excluding hydrogens is 294 g/mol. The molecule has 2 N–H and O–H groups in total. The predicted molar refractivity (Wildman–Crippen MR) is 86.3 cm³/mol. The van der Waals surface area contributed by atoms with Crippen LogP contribution in [0.5, 0.6) is 0 Å². The van der Waals surface area contributed by atoms with Gasteiger partial charge in [-0.3, -0.25) is 9.78 Å². The van der Waals surface area contributed by atoms with E-state index in [0.717, 1.165) is 5.56 Å². The van der Waals surface area contributed by atoms with E-state index in [1.54, 1.807) is 24.3 Å². The lowest BCUT2D eigenvalue weighted by atomic mass is 9.93. The van der Waals surface area contributed by atoms with Crippen molar-refractivity contribution in [1.29, 1.82) is 0 Å². The fourth-order valence-corrected chi connectivity index (χ4v) is 2.17. The van der Waals surface area contributed by atoms with Crippen LogP contribution in [0.25, 0.3) is 11.4 Å². The normalized spacial score (nSPS) is 11.5. The maximum absolute atomic E-state index is 12.2. The number of rotatable bonds is 7. The molecule has 0 saturated carbocycles. The predicted octanol–water partition coefficient (Wildman–Crippen LogP) is 1.51. The molecular formula is C16H23N5O2. The second-order valence-electron chi connectivity index (χ2n) is 6.37. The van der Waals surface area contributed by atoms with Crippen LogP contribution in [0.3, 0.4) is 0 Å². The molecule has 0 aliphatic heterocycles. The second kappa shape index (κ2) is 7.32. The Morgan fingerprint density at radius 3 is 2.70 bits per heavy atom. The van der Waals surface area contributed by atoms with Gasteiger partial charge in [0.15, 0.2) is 0 Å². The van der Waals surface area contributed by atoms with Gasteiger partial charge >= 0.3 is 0 Å². The molecule has 2 rings (SSSR count). The zero-order chi connectivity index (χ0) is 16.9. The summed E-state index contributed by atoms with van der Waals surface area (Å²) in [7, 11) is 1.79. The number of carbonyl (C=O) groups excluding carboxylic acids is 1. The zero-order valence-corrected chi connectivity index (χ0v) is 13.8. The van der Waals surface area contributed by atoms with E-state index in [2.05, 4.69) is 15.1 Å². The molecule has 0 aliphatic rings. The molecule has 0 radical (unpaired) electrons. The van der Waals surface area contributed by atoms with Crippen molar-refractivity contribution in [1.82, 2.24) is 20.0 Å². The van der Waals surface area contributed by atoms with Crippen LogP contribution in [0.2, 0.25) is 0 Å². The van der Waals surface area contributed by atoms with Crippen LogP contribution in [-0.4, -0.2) is 46.1 Å². The highest BCUT2D eigenvalue weighted by Gasteiger charge is 2.21. The fourth-order valence-electron chi connectivity index (χ4n) is 2.17. The van der Waals surface area contributed by atoms with Crippen LogP contribution in [0, 0.1) is 5.41 Å². The van der Waals surface area contributed by atoms with Crippen LogP contribution in [0.15, 0.2) is 29.0 Å². The van der Waals surface area contributed by atoms with Crippen LogP contribution in [0.1, 0.15) is 26.2 Å².